The summed E-state index contributed by atoms with van der Waals surface area (Å²) in [6.45, 7) is 2.96. The van der Waals surface area contributed by atoms with Gasteiger partial charge < -0.3 is 16.8 Å². The summed E-state index contributed by atoms with van der Waals surface area (Å²) in [5.74, 6) is 0.108. The van der Waals surface area contributed by atoms with E-state index in [2.05, 4.69) is 10.2 Å². The number of piperazine rings is 1. The molecule has 0 radical (unpaired) electrons. The van der Waals surface area contributed by atoms with Crippen LogP contribution < -0.4 is 16.8 Å². The highest BCUT2D eigenvalue weighted by molar-refractivity contribution is 5.78. The van der Waals surface area contributed by atoms with Crippen molar-refractivity contribution in [2.45, 2.75) is 6.54 Å². The highest BCUT2D eigenvalue weighted by atomic mass is 16.2. The third-order valence-electron chi connectivity index (χ3n) is 3.30. The first kappa shape index (κ1) is 15.9. The summed E-state index contributed by atoms with van der Waals surface area (Å²) >= 11 is 0. The molecule has 1 aliphatic heterocycles. The highest BCUT2D eigenvalue weighted by Gasteiger charge is 2.15. The third-order valence-corrected chi connectivity index (χ3v) is 3.30. The number of nitrogen functional groups attached to an aromatic ring is 2. The number of anilines is 2. The number of nitrogens with one attached hydrogen (secondary N) is 1. The lowest BCUT2D eigenvalue weighted by Gasteiger charge is -2.26. The number of benzene rings is 2. The van der Waals surface area contributed by atoms with Crippen LogP contribution in [-0.4, -0.2) is 30.4 Å². The van der Waals surface area contributed by atoms with Crippen LogP contribution in [0.2, 0.25) is 0 Å². The molecule has 5 nitrogen and oxygen atoms in total. The Morgan fingerprint density at radius 2 is 1.59 bits per heavy atom. The average Bonchev–Trinajstić information content (AvgIpc) is 2.51. The minimum Gasteiger partial charge on any atom is -0.399 e. The van der Waals surface area contributed by atoms with Gasteiger partial charge in [0.2, 0.25) is 5.91 Å². The van der Waals surface area contributed by atoms with Gasteiger partial charge in [-0.15, -0.1) is 0 Å². The predicted octanol–water partition coefficient (Wildman–Crippen LogP) is 1.47. The second-order valence-corrected chi connectivity index (χ2v) is 5.21. The van der Waals surface area contributed by atoms with Crippen LogP contribution in [0.5, 0.6) is 0 Å². The third kappa shape index (κ3) is 5.46. The zero-order chi connectivity index (χ0) is 15.8. The molecule has 0 aromatic heterocycles. The van der Waals surface area contributed by atoms with Crippen molar-refractivity contribution in [3.63, 3.8) is 0 Å². The molecule has 1 aliphatic rings. The first-order valence-corrected chi connectivity index (χ1v) is 7.27. The maximum Gasteiger partial charge on any atom is 0.234 e. The zero-order valence-corrected chi connectivity index (χ0v) is 12.5. The Morgan fingerprint density at radius 3 is 2.14 bits per heavy atom. The van der Waals surface area contributed by atoms with Crippen LogP contribution in [0.4, 0.5) is 11.4 Å². The van der Waals surface area contributed by atoms with Gasteiger partial charge >= 0.3 is 0 Å². The Labute approximate surface area is 130 Å². The quantitative estimate of drug-likeness (QED) is 0.733. The number of hydrogen-bond donors (Lipinski definition) is 3. The highest BCUT2D eigenvalue weighted by Crippen LogP contribution is 2.09. The van der Waals surface area contributed by atoms with Crippen molar-refractivity contribution in [1.29, 1.82) is 0 Å². The van der Waals surface area contributed by atoms with E-state index in [4.69, 9.17) is 11.5 Å². The van der Waals surface area contributed by atoms with Crippen molar-refractivity contribution in [2.24, 2.45) is 0 Å². The zero-order valence-electron chi connectivity index (χ0n) is 12.5. The van der Waals surface area contributed by atoms with Crippen molar-refractivity contribution in [3.8, 4) is 0 Å². The SMILES string of the molecule is Nc1ccc(CN2CCNC(=O)C2)cc1.Nc1ccccc1. The largest absolute Gasteiger partial charge is 0.399 e. The molecule has 1 saturated heterocycles. The molecule has 5 heteroatoms. The van der Waals surface area contributed by atoms with Gasteiger partial charge in [-0.1, -0.05) is 30.3 Å². The fourth-order valence-corrected chi connectivity index (χ4v) is 2.16. The Balaban J connectivity index is 0.000000211. The van der Waals surface area contributed by atoms with Crippen LogP contribution in [0, 0.1) is 0 Å². The van der Waals surface area contributed by atoms with Crippen LogP contribution in [0.25, 0.3) is 0 Å². The summed E-state index contributed by atoms with van der Waals surface area (Å²) in [6.07, 6.45) is 0. The van der Waals surface area contributed by atoms with Crippen LogP contribution >= 0.6 is 0 Å². The molecule has 2 aromatic carbocycles. The summed E-state index contributed by atoms with van der Waals surface area (Å²) in [4.78, 5) is 13.3. The van der Waals surface area contributed by atoms with Gasteiger partial charge in [0.1, 0.15) is 0 Å². The minimum absolute atomic E-state index is 0.108. The smallest absolute Gasteiger partial charge is 0.234 e. The number of nitrogens with two attached hydrogens (primary N) is 2. The number of amides is 1. The minimum atomic E-state index is 0.108. The fraction of sp³-hybridized carbons (Fsp3) is 0.235. The fourth-order valence-electron chi connectivity index (χ4n) is 2.16. The van der Waals surface area contributed by atoms with Crippen LogP contribution in [0.1, 0.15) is 5.56 Å². The number of hydrogen-bond acceptors (Lipinski definition) is 4. The van der Waals surface area contributed by atoms with Crippen LogP contribution in [0.15, 0.2) is 54.6 Å². The van der Waals surface area contributed by atoms with Gasteiger partial charge in [0.15, 0.2) is 0 Å². The van der Waals surface area contributed by atoms with E-state index in [1.807, 2.05) is 54.6 Å². The van der Waals surface area contributed by atoms with Crippen molar-refractivity contribution < 1.29 is 4.79 Å². The number of carbonyl (C=O) groups is 1. The van der Waals surface area contributed by atoms with Crippen molar-refractivity contribution in [2.75, 3.05) is 31.1 Å². The molecule has 1 fully saturated rings. The van der Waals surface area contributed by atoms with E-state index in [1.54, 1.807) is 0 Å². The Morgan fingerprint density at radius 1 is 0.955 bits per heavy atom. The number of para-hydroxylation sites is 1. The van der Waals surface area contributed by atoms with Gasteiger partial charge in [-0.05, 0) is 29.8 Å². The van der Waals surface area contributed by atoms with Crippen LogP contribution in [-0.2, 0) is 11.3 Å². The summed E-state index contributed by atoms with van der Waals surface area (Å²) in [7, 11) is 0. The molecular formula is C17H22N4O. The summed E-state index contributed by atoms with van der Waals surface area (Å²) in [6, 6.07) is 17.3. The van der Waals surface area contributed by atoms with Crippen LogP contribution in [0.3, 0.4) is 0 Å². The summed E-state index contributed by atoms with van der Waals surface area (Å²) < 4.78 is 0. The topological polar surface area (TPSA) is 84.4 Å². The van der Waals surface area contributed by atoms with E-state index in [-0.39, 0.29) is 5.91 Å². The van der Waals surface area contributed by atoms with Crippen molar-refractivity contribution in [3.05, 3.63) is 60.2 Å². The van der Waals surface area contributed by atoms with E-state index < -0.39 is 0 Å². The number of rotatable bonds is 2. The Hall–Kier alpha value is -2.53. The van der Waals surface area contributed by atoms with E-state index in [1.165, 1.54) is 5.56 Å². The first-order chi connectivity index (χ1) is 10.6. The lowest BCUT2D eigenvalue weighted by atomic mass is 10.2. The molecule has 0 aliphatic carbocycles. The van der Waals surface area contributed by atoms with Crippen molar-refractivity contribution in [1.82, 2.24) is 10.2 Å². The predicted molar refractivity (Wildman–Crippen MR) is 90.0 cm³/mol. The first-order valence-electron chi connectivity index (χ1n) is 7.27. The Kier molecular flexibility index (Phi) is 5.80. The van der Waals surface area contributed by atoms with Gasteiger partial charge in [0, 0.05) is 31.0 Å². The molecule has 0 spiro atoms. The second kappa shape index (κ2) is 8.05. The van der Waals surface area contributed by atoms with Crippen molar-refractivity contribution >= 4 is 17.3 Å². The van der Waals surface area contributed by atoms with Gasteiger partial charge in [0.05, 0.1) is 6.54 Å². The van der Waals surface area contributed by atoms with Gasteiger partial charge in [-0.3, -0.25) is 9.69 Å². The monoisotopic (exact) mass is 298 g/mol. The molecule has 2 aromatic rings. The van der Waals surface area contributed by atoms with E-state index in [0.717, 1.165) is 31.0 Å². The van der Waals surface area contributed by atoms with Gasteiger partial charge in [0.25, 0.3) is 0 Å². The molecule has 0 atom stereocenters. The molecule has 5 N–H and O–H groups in total. The molecule has 0 bridgehead atoms. The molecule has 1 amide bonds. The molecule has 0 saturated carbocycles. The number of carbonyl (C=O) groups excluding carboxylic acids is 1. The lowest BCUT2D eigenvalue weighted by Crippen LogP contribution is -2.47. The molecule has 3 rings (SSSR count). The molecule has 22 heavy (non-hydrogen) atoms. The Bertz CT molecular complexity index is 583. The van der Waals surface area contributed by atoms with Gasteiger partial charge in [-0.25, -0.2) is 0 Å². The maximum atomic E-state index is 11.1. The van der Waals surface area contributed by atoms with Gasteiger partial charge in [-0.2, -0.15) is 0 Å². The molecular weight excluding hydrogens is 276 g/mol. The lowest BCUT2D eigenvalue weighted by molar-refractivity contribution is -0.124. The second-order valence-electron chi connectivity index (χ2n) is 5.21. The molecule has 0 unspecified atom stereocenters. The van der Waals surface area contributed by atoms with E-state index in [0.29, 0.717) is 6.54 Å². The average molecular weight is 298 g/mol. The molecule has 116 valence electrons. The van der Waals surface area contributed by atoms with E-state index in [9.17, 15) is 4.79 Å². The van der Waals surface area contributed by atoms with E-state index >= 15 is 0 Å². The summed E-state index contributed by atoms with van der Waals surface area (Å²) in [5.41, 5.74) is 13.8. The standard InChI is InChI=1S/C11H15N3O.C6H7N/c12-10-3-1-9(2-4-10)7-14-6-5-13-11(15)8-14;7-6-4-2-1-3-5-6/h1-4H,5-8,12H2,(H,13,15);1-5H,7H2. The number of nitrogens with zero attached hydrogens (tertiary/aromatic N) is 1. The normalized spacial score (nSPS) is 14.6. The maximum absolute atomic E-state index is 11.1. The molecule has 1 heterocycles. The summed E-state index contributed by atoms with van der Waals surface area (Å²) in [5, 5.41) is 2.81.